The van der Waals surface area contributed by atoms with Crippen LogP contribution in [0.5, 0.6) is 0 Å². The van der Waals surface area contributed by atoms with Crippen LogP contribution in [0.15, 0.2) is 18.2 Å². The molecule has 1 saturated heterocycles. The lowest BCUT2D eigenvalue weighted by molar-refractivity contribution is -0.125. The molecule has 2 aliphatic heterocycles. The quantitative estimate of drug-likeness (QED) is 0.595. The Kier molecular flexibility index (Phi) is 4.46. The molecule has 2 bridgehead atoms. The molecular formula is C13H15BrN4O3S. The molecule has 3 rings (SSSR count). The molecule has 9 heteroatoms. The number of urea groups is 1. The zero-order valence-corrected chi connectivity index (χ0v) is 14.1. The molecule has 1 aromatic rings. The van der Waals surface area contributed by atoms with Gasteiger partial charge < -0.3 is 10.2 Å². The summed E-state index contributed by atoms with van der Waals surface area (Å²) in [7, 11) is 0. The number of amides is 3. The largest absolute Gasteiger partial charge is 0.353 e. The van der Waals surface area contributed by atoms with E-state index < -0.39 is 6.04 Å². The van der Waals surface area contributed by atoms with Crippen molar-refractivity contribution in [3.8, 4) is 0 Å². The highest BCUT2D eigenvalue weighted by Crippen LogP contribution is 2.45. The summed E-state index contributed by atoms with van der Waals surface area (Å²) in [5.74, 6) is -0.219. The van der Waals surface area contributed by atoms with Crippen LogP contribution in [0.4, 0.5) is 4.79 Å². The van der Waals surface area contributed by atoms with Gasteiger partial charge in [-0.05, 0) is 0 Å². The molecular weight excluding hydrogens is 372 g/mol. The van der Waals surface area contributed by atoms with Gasteiger partial charge in [-0.15, -0.1) is 17.9 Å². The van der Waals surface area contributed by atoms with E-state index in [0.29, 0.717) is 24.1 Å². The maximum Gasteiger partial charge on any atom is 0.345 e. The minimum atomic E-state index is -0.693. The standard InChI is InChI=1S/C13H15BrN4O3S/c1-2-5-21-18-8-6-17(13(18)20)10(12(19)15-4-3-14)9-11(8)22-7-16-9/h2,7-8,10H,1,3-6H2,(H,15,19)/t8-,10+/m1/s1. The van der Waals surface area contributed by atoms with Gasteiger partial charge in [-0.1, -0.05) is 22.0 Å². The van der Waals surface area contributed by atoms with E-state index in [9.17, 15) is 9.59 Å². The zero-order valence-electron chi connectivity index (χ0n) is 11.7. The highest BCUT2D eigenvalue weighted by atomic mass is 79.9. The number of nitrogens with one attached hydrogen (secondary N) is 1. The van der Waals surface area contributed by atoms with Crippen LogP contribution in [-0.2, 0) is 9.63 Å². The Morgan fingerprint density at radius 1 is 1.68 bits per heavy atom. The molecule has 0 spiro atoms. The Bertz CT molecular complexity index is 608. The number of hydroxylamine groups is 2. The van der Waals surface area contributed by atoms with Crippen LogP contribution in [-0.4, -0.2) is 51.9 Å². The van der Waals surface area contributed by atoms with Crippen molar-refractivity contribution in [2.45, 2.75) is 12.1 Å². The van der Waals surface area contributed by atoms with Crippen LogP contribution >= 0.6 is 27.3 Å². The minimum Gasteiger partial charge on any atom is -0.353 e. The topological polar surface area (TPSA) is 74.8 Å². The molecule has 3 amide bonds. The fraction of sp³-hybridized carbons (Fsp3) is 0.462. The number of nitrogens with zero attached hydrogens (tertiary/aromatic N) is 3. The number of alkyl halides is 1. The van der Waals surface area contributed by atoms with Gasteiger partial charge in [0.05, 0.1) is 29.2 Å². The van der Waals surface area contributed by atoms with Gasteiger partial charge in [0.2, 0.25) is 5.91 Å². The van der Waals surface area contributed by atoms with Gasteiger partial charge in [0.1, 0.15) is 6.04 Å². The number of carbonyl (C=O) groups excluding carboxylic acids is 2. The molecule has 2 atom stereocenters. The molecule has 0 aromatic carbocycles. The van der Waals surface area contributed by atoms with Crippen molar-refractivity contribution in [2.24, 2.45) is 0 Å². The number of thiazole rings is 1. The summed E-state index contributed by atoms with van der Waals surface area (Å²) >= 11 is 4.71. The summed E-state index contributed by atoms with van der Waals surface area (Å²) in [6, 6.07) is -1.22. The van der Waals surface area contributed by atoms with Crippen molar-refractivity contribution in [1.29, 1.82) is 0 Å². The van der Waals surface area contributed by atoms with Crippen molar-refractivity contribution in [3.05, 3.63) is 28.7 Å². The average Bonchev–Trinajstić information content (AvgIpc) is 3.10. The lowest BCUT2D eigenvalue weighted by Gasteiger charge is -2.28. The second kappa shape index (κ2) is 6.35. The molecule has 7 nitrogen and oxygen atoms in total. The van der Waals surface area contributed by atoms with E-state index in [1.54, 1.807) is 11.6 Å². The maximum absolute atomic E-state index is 12.5. The Labute approximate surface area is 140 Å². The van der Waals surface area contributed by atoms with E-state index in [1.807, 2.05) is 0 Å². The van der Waals surface area contributed by atoms with Crippen LogP contribution in [0.1, 0.15) is 22.7 Å². The number of rotatable bonds is 6. The molecule has 0 saturated carbocycles. The van der Waals surface area contributed by atoms with E-state index >= 15 is 0 Å². The third-order valence-corrected chi connectivity index (χ3v) is 4.90. The first-order chi connectivity index (χ1) is 10.7. The molecule has 0 aliphatic carbocycles. The maximum atomic E-state index is 12.5. The predicted octanol–water partition coefficient (Wildman–Crippen LogP) is 1.61. The third-order valence-electron chi connectivity index (χ3n) is 3.56. The van der Waals surface area contributed by atoms with Gasteiger partial charge in [-0.3, -0.25) is 9.63 Å². The summed E-state index contributed by atoms with van der Waals surface area (Å²) in [5, 5.41) is 4.79. The van der Waals surface area contributed by atoms with Crippen molar-refractivity contribution >= 4 is 39.2 Å². The number of fused-ring (bicyclic) bond motifs is 4. The molecule has 0 unspecified atom stereocenters. The van der Waals surface area contributed by atoms with Gasteiger partial charge in [0.25, 0.3) is 0 Å². The first-order valence-electron chi connectivity index (χ1n) is 6.79. The summed E-state index contributed by atoms with van der Waals surface area (Å²) in [6.07, 6.45) is 1.58. The first-order valence-corrected chi connectivity index (χ1v) is 8.79. The van der Waals surface area contributed by atoms with E-state index in [4.69, 9.17) is 4.84 Å². The van der Waals surface area contributed by atoms with Crippen LogP contribution in [0.25, 0.3) is 0 Å². The lowest BCUT2D eigenvalue weighted by atomic mass is 10.0. The summed E-state index contributed by atoms with van der Waals surface area (Å²) < 4.78 is 0. The van der Waals surface area contributed by atoms with Gasteiger partial charge in [-0.25, -0.2) is 9.78 Å². The van der Waals surface area contributed by atoms with E-state index in [0.717, 1.165) is 4.88 Å². The lowest BCUT2D eigenvalue weighted by Crippen LogP contribution is -2.44. The van der Waals surface area contributed by atoms with Crippen LogP contribution in [0.3, 0.4) is 0 Å². The fourth-order valence-electron chi connectivity index (χ4n) is 2.68. The summed E-state index contributed by atoms with van der Waals surface area (Å²) in [5.41, 5.74) is 2.35. The molecule has 1 fully saturated rings. The Morgan fingerprint density at radius 3 is 3.23 bits per heavy atom. The third kappa shape index (κ3) is 2.42. The normalized spacial score (nSPS) is 22.7. The van der Waals surface area contributed by atoms with Crippen molar-refractivity contribution in [3.63, 3.8) is 0 Å². The molecule has 2 aliphatic rings. The van der Waals surface area contributed by atoms with Crippen LogP contribution in [0, 0.1) is 0 Å². The molecule has 3 heterocycles. The second-order valence-corrected chi connectivity index (χ2v) is 6.52. The first kappa shape index (κ1) is 15.4. The molecule has 22 heavy (non-hydrogen) atoms. The number of halogens is 1. The SMILES string of the molecule is C=CCON1C(=O)N2C[C@@H]1c1scnc1[C@H]2C(=O)NCCBr. The van der Waals surface area contributed by atoms with Crippen LogP contribution < -0.4 is 5.32 Å². The van der Waals surface area contributed by atoms with Gasteiger partial charge in [0.15, 0.2) is 6.04 Å². The highest BCUT2D eigenvalue weighted by molar-refractivity contribution is 9.09. The summed E-state index contributed by atoms with van der Waals surface area (Å²) in [6.45, 7) is 4.75. The zero-order chi connectivity index (χ0) is 15.7. The number of carbonyl (C=O) groups is 2. The predicted molar refractivity (Wildman–Crippen MR) is 84.5 cm³/mol. The van der Waals surface area contributed by atoms with E-state index in [-0.39, 0.29) is 24.6 Å². The minimum absolute atomic E-state index is 0.213. The molecule has 1 aromatic heterocycles. The average molecular weight is 387 g/mol. The molecule has 0 radical (unpaired) electrons. The highest BCUT2D eigenvalue weighted by Gasteiger charge is 2.52. The molecule has 1 N–H and O–H groups in total. The number of hydrogen-bond donors (Lipinski definition) is 1. The van der Waals surface area contributed by atoms with Crippen molar-refractivity contribution in [1.82, 2.24) is 20.3 Å². The monoisotopic (exact) mass is 386 g/mol. The van der Waals surface area contributed by atoms with Crippen molar-refractivity contribution < 1.29 is 14.4 Å². The van der Waals surface area contributed by atoms with Gasteiger partial charge in [0, 0.05) is 11.9 Å². The van der Waals surface area contributed by atoms with E-state index in [1.165, 1.54) is 21.3 Å². The Hall–Kier alpha value is -1.45. The Morgan fingerprint density at radius 2 is 2.50 bits per heavy atom. The molecule has 118 valence electrons. The van der Waals surface area contributed by atoms with E-state index in [2.05, 4.69) is 32.8 Å². The van der Waals surface area contributed by atoms with Gasteiger partial charge in [-0.2, -0.15) is 5.06 Å². The van der Waals surface area contributed by atoms with Crippen LogP contribution in [0.2, 0.25) is 0 Å². The number of hydrogen-bond acceptors (Lipinski definition) is 5. The Balaban J connectivity index is 1.91. The smallest absolute Gasteiger partial charge is 0.345 e. The summed E-state index contributed by atoms with van der Waals surface area (Å²) in [4.78, 5) is 37.2. The second-order valence-electron chi connectivity index (χ2n) is 4.85. The fourth-order valence-corrected chi connectivity index (χ4v) is 3.77. The van der Waals surface area contributed by atoms with Crippen molar-refractivity contribution in [2.75, 3.05) is 25.0 Å². The van der Waals surface area contributed by atoms with Gasteiger partial charge >= 0.3 is 6.03 Å². The number of aromatic nitrogens is 1.